The molecule has 1 aliphatic heterocycles. The van der Waals surface area contributed by atoms with Crippen LogP contribution in [0.3, 0.4) is 0 Å². The van der Waals surface area contributed by atoms with Crippen molar-refractivity contribution in [1.29, 1.82) is 0 Å². The van der Waals surface area contributed by atoms with E-state index in [2.05, 4.69) is 0 Å². The van der Waals surface area contributed by atoms with E-state index in [-0.39, 0.29) is 6.79 Å². The lowest BCUT2D eigenvalue weighted by Gasteiger charge is -2.17. The summed E-state index contributed by atoms with van der Waals surface area (Å²) in [7, 11) is -1.35. The number of fused-ring (bicyclic) bond motifs is 1. The van der Waals surface area contributed by atoms with Crippen LogP contribution in [0.4, 0.5) is 0 Å². The number of carbonyl (C=O) groups is 1. The van der Waals surface area contributed by atoms with E-state index < -0.39 is 19.0 Å². The fourth-order valence-corrected chi connectivity index (χ4v) is 2.95. The molecule has 2 rings (SSSR count). The molecule has 7 heteroatoms. The summed E-state index contributed by atoms with van der Waals surface area (Å²) >= 11 is 0. The van der Waals surface area contributed by atoms with Crippen LogP contribution in [0.1, 0.15) is 18.4 Å². The second-order valence-electron chi connectivity index (χ2n) is 4.04. The summed E-state index contributed by atoms with van der Waals surface area (Å²) in [6.07, 6.45) is 0. The fourth-order valence-electron chi connectivity index (χ4n) is 1.82. The van der Waals surface area contributed by atoms with Crippen LogP contribution < -0.4 is 9.47 Å². The Morgan fingerprint density at radius 2 is 1.89 bits per heavy atom. The Kier molecular flexibility index (Phi) is 3.94. The molecule has 1 aliphatic rings. The molecule has 0 saturated carbocycles. The average Bonchev–Trinajstić information content (AvgIpc) is 2.92. The minimum atomic E-state index is -3.72. The number of rotatable bonds is 5. The molecule has 104 valence electrons. The Morgan fingerprint density at radius 1 is 1.26 bits per heavy atom. The Bertz CT molecular complexity index is 533. The lowest BCUT2D eigenvalue weighted by Crippen LogP contribution is -2.12. The normalized spacial score (nSPS) is 15.3. The van der Waals surface area contributed by atoms with Crippen LogP contribution in [-0.2, 0) is 18.4 Å². The van der Waals surface area contributed by atoms with Crippen molar-refractivity contribution in [1.82, 2.24) is 0 Å². The second-order valence-corrected chi connectivity index (χ2v) is 6.20. The summed E-state index contributed by atoms with van der Waals surface area (Å²) in [5.41, 5.74) is 0.0833. The van der Waals surface area contributed by atoms with Gasteiger partial charge in [-0.1, -0.05) is 13.0 Å². The molecule has 0 N–H and O–H groups in total. The minimum Gasteiger partial charge on any atom is -0.454 e. The van der Waals surface area contributed by atoms with Gasteiger partial charge in [-0.05, 0) is 17.7 Å². The molecule has 1 aromatic rings. The zero-order valence-corrected chi connectivity index (χ0v) is 11.8. The number of carbonyl (C=O) groups excluding carboxylic acids is 1. The summed E-state index contributed by atoms with van der Waals surface area (Å²) in [6.45, 7) is 1.81. The van der Waals surface area contributed by atoms with Crippen molar-refractivity contribution >= 4 is 13.1 Å². The smallest absolute Gasteiger partial charge is 0.396 e. The summed E-state index contributed by atoms with van der Waals surface area (Å²) < 4.78 is 31.9. The van der Waals surface area contributed by atoms with Gasteiger partial charge < -0.3 is 18.5 Å². The minimum absolute atomic E-state index is 0.162. The Balaban J connectivity index is 2.27. The van der Waals surface area contributed by atoms with Crippen LogP contribution in [0.5, 0.6) is 11.5 Å². The maximum atomic E-state index is 12.1. The quantitative estimate of drug-likeness (QED) is 0.774. The lowest BCUT2D eigenvalue weighted by atomic mass is 10.0. The molecule has 0 bridgehead atoms. The summed E-state index contributed by atoms with van der Waals surface area (Å²) in [4.78, 5) is 12.1. The number of hydrogen-bond acceptors (Lipinski definition) is 6. The molecule has 0 radical (unpaired) electrons. The molecular weight excluding hydrogens is 271 g/mol. The SMILES string of the molecule is COP(=O)(OC)C(=O)[C@H](C)c1ccc2c(c1)OCO2. The number of benzene rings is 1. The Morgan fingerprint density at radius 3 is 2.53 bits per heavy atom. The second kappa shape index (κ2) is 5.33. The molecule has 0 fully saturated rings. The van der Waals surface area contributed by atoms with Gasteiger partial charge in [-0.2, -0.15) is 0 Å². The van der Waals surface area contributed by atoms with Crippen molar-refractivity contribution in [2.24, 2.45) is 0 Å². The van der Waals surface area contributed by atoms with Gasteiger partial charge in [-0.15, -0.1) is 0 Å². The van der Waals surface area contributed by atoms with Gasteiger partial charge in [0.25, 0.3) is 5.52 Å². The predicted octanol–water partition coefficient (Wildman–Crippen LogP) is 2.53. The van der Waals surface area contributed by atoms with Crippen LogP contribution in [0.25, 0.3) is 0 Å². The molecule has 0 saturated heterocycles. The van der Waals surface area contributed by atoms with Gasteiger partial charge in [0.05, 0.1) is 5.92 Å². The van der Waals surface area contributed by atoms with Gasteiger partial charge in [0, 0.05) is 14.2 Å². The highest BCUT2D eigenvalue weighted by Crippen LogP contribution is 2.51. The van der Waals surface area contributed by atoms with Crippen molar-refractivity contribution in [3.05, 3.63) is 23.8 Å². The van der Waals surface area contributed by atoms with E-state index in [1.54, 1.807) is 25.1 Å². The average molecular weight is 286 g/mol. The largest absolute Gasteiger partial charge is 0.454 e. The Labute approximate surface area is 111 Å². The van der Waals surface area contributed by atoms with Crippen molar-refractivity contribution in [2.75, 3.05) is 21.0 Å². The first-order chi connectivity index (χ1) is 9.01. The summed E-state index contributed by atoms with van der Waals surface area (Å²) in [6, 6.07) is 5.14. The van der Waals surface area contributed by atoms with Gasteiger partial charge in [-0.25, -0.2) is 0 Å². The number of hydrogen-bond donors (Lipinski definition) is 0. The van der Waals surface area contributed by atoms with E-state index in [0.29, 0.717) is 17.1 Å². The van der Waals surface area contributed by atoms with Crippen LogP contribution in [0, 0.1) is 0 Å². The lowest BCUT2D eigenvalue weighted by molar-refractivity contribution is -0.114. The number of ether oxygens (including phenoxy) is 2. The Hall–Kier alpha value is -1.36. The van der Waals surface area contributed by atoms with Crippen molar-refractivity contribution in [3.63, 3.8) is 0 Å². The first kappa shape index (κ1) is 14.1. The molecule has 0 amide bonds. The highest BCUT2D eigenvalue weighted by Gasteiger charge is 2.37. The van der Waals surface area contributed by atoms with Gasteiger partial charge in [0.1, 0.15) is 0 Å². The summed E-state index contributed by atoms with van der Waals surface area (Å²) in [5.74, 6) is 0.576. The first-order valence-corrected chi connectivity index (χ1v) is 7.21. The van der Waals surface area contributed by atoms with Gasteiger partial charge in [-0.3, -0.25) is 9.36 Å². The zero-order valence-electron chi connectivity index (χ0n) is 10.9. The third-order valence-corrected chi connectivity index (χ3v) is 4.91. The highest BCUT2D eigenvalue weighted by molar-refractivity contribution is 7.72. The molecule has 1 aromatic carbocycles. The molecule has 1 atom stereocenters. The predicted molar refractivity (Wildman–Crippen MR) is 67.6 cm³/mol. The van der Waals surface area contributed by atoms with E-state index in [1.807, 2.05) is 0 Å². The van der Waals surface area contributed by atoms with E-state index >= 15 is 0 Å². The molecule has 6 nitrogen and oxygen atoms in total. The molecule has 0 unspecified atom stereocenters. The molecule has 19 heavy (non-hydrogen) atoms. The molecule has 0 aromatic heterocycles. The topological polar surface area (TPSA) is 71.1 Å². The summed E-state index contributed by atoms with van der Waals surface area (Å²) in [5, 5.41) is 0. The maximum Gasteiger partial charge on any atom is 0.396 e. The first-order valence-electron chi connectivity index (χ1n) is 5.67. The zero-order chi connectivity index (χ0) is 14.0. The third kappa shape index (κ3) is 2.52. The standard InChI is InChI=1S/C12H15O6P/c1-8(12(13)19(14,15-2)16-3)9-4-5-10-11(6-9)18-7-17-10/h4-6,8H,7H2,1-3H3/t8-/m1/s1. The van der Waals surface area contributed by atoms with Crippen LogP contribution in [-0.4, -0.2) is 26.5 Å². The van der Waals surface area contributed by atoms with Crippen LogP contribution in [0.15, 0.2) is 18.2 Å². The van der Waals surface area contributed by atoms with Crippen LogP contribution in [0.2, 0.25) is 0 Å². The maximum absolute atomic E-state index is 12.1. The van der Waals surface area contributed by atoms with Crippen molar-refractivity contribution < 1.29 is 27.9 Å². The van der Waals surface area contributed by atoms with E-state index in [1.165, 1.54) is 14.2 Å². The van der Waals surface area contributed by atoms with Gasteiger partial charge in [0.2, 0.25) is 6.79 Å². The fraction of sp³-hybridized carbons (Fsp3) is 0.417. The molecule has 1 heterocycles. The van der Waals surface area contributed by atoms with Gasteiger partial charge in [0.15, 0.2) is 11.5 Å². The highest BCUT2D eigenvalue weighted by atomic mass is 31.2. The van der Waals surface area contributed by atoms with Gasteiger partial charge >= 0.3 is 7.60 Å². The third-order valence-electron chi connectivity index (χ3n) is 3.02. The molecule has 0 spiro atoms. The monoisotopic (exact) mass is 286 g/mol. The van der Waals surface area contributed by atoms with E-state index in [9.17, 15) is 9.36 Å². The van der Waals surface area contributed by atoms with E-state index in [4.69, 9.17) is 18.5 Å². The van der Waals surface area contributed by atoms with Crippen LogP contribution >= 0.6 is 7.60 Å². The van der Waals surface area contributed by atoms with Crippen molar-refractivity contribution in [3.8, 4) is 11.5 Å². The molecule has 0 aliphatic carbocycles. The van der Waals surface area contributed by atoms with Crippen molar-refractivity contribution in [2.45, 2.75) is 12.8 Å². The molecular formula is C12H15O6P. The van der Waals surface area contributed by atoms with E-state index in [0.717, 1.165) is 0 Å².